The Bertz CT molecular complexity index is 820. The first-order valence-electron chi connectivity index (χ1n) is 8.12. The number of nitrogens with one attached hydrogen (secondary N) is 1. The Balaban J connectivity index is 1.97. The van der Waals surface area contributed by atoms with Gasteiger partial charge in [-0.2, -0.15) is 18.3 Å². The average molecular weight is 380 g/mol. The van der Waals surface area contributed by atoms with Crippen LogP contribution in [0.15, 0.2) is 47.6 Å². The molecule has 0 aliphatic heterocycles. The van der Waals surface area contributed by atoms with Gasteiger partial charge in [-0.1, -0.05) is 18.2 Å². The highest BCUT2D eigenvalue weighted by atomic mass is 19.4. The lowest BCUT2D eigenvalue weighted by molar-refractivity contribution is -0.137. The number of methoxy groups -OCH3 is 1. The summed E-state index contributed by atoms with van der Waals surface area (Å²) in [4.78, 5) is 11.9. The maximum absolute atomic E-state index is 12.7. The van der Waals surface area contributed by atoms with Crippen LogP contribution in [0.1, 0.15) is 23.6 Å². The predicted molar refractivity (Wildman–Crippen MR) is 95.0 cm³/mol. The van der Waals surface area contributed by atoms with Crippen molar-refractivity contribution < 1.29 is 27.4 Å². The predicted octanol–water partition coefficient (Wildman–Crippen LogP) is 3.81. The van der Waals surface area contributed by atoms with Crippen molar-refractivity contribution >= 4 is 12.1 Å². The minimum absolute atomic E-state index is 0.214. The van der Waals surface area contributed by atoms with Gasteiger partial charge < -0.3 is 9.47 Å². The molecule has 144 valence electrons. The van der Waals surface area contributed by atoms with E-state index in [0.29, 0.717) is 23.7 Å². The molecule has 0 bridgehead atoms. The third-order valence-corrected chi connectivity index (χ3v) is 3.51. The van der Waals surface area contributed by atoms with Crippen molar-refractivity contribution in [2.45, 2.75) is 19.5 Å². The maximum atomic E-state index is 12.7. The average Bonchev–Trinajstić information content (AvgIpc) is 2.62. The number of rotatable bonds is 7. The molecule has 0 atom stereocenters. The Morgan fingerprint density at radius 2 is 1.96 bits per heavy atom. The molecule has 2 rings (SSSR count). The van der Waals surface area contributed by atoms with Gasteiger partial charge in [-0.15, -0.1) is 0 Å². The summed E-state index contributed by atoms with van der Waals surface area (Å²) in [6, 6.07) is 9.76. The molecule has 0 spiro atoms. The number of carbonyl (C=O) groups excluding carboxylic acids is 1. The number of hydrogen-bond acceptors (Lipinski definition) is 4. The molecule has 0 radical (unpaired) electrons. The van der Waals surface area contributed by atoms with E-state index >= 15 is 0 Å². The highest BCUT2D eigenvalue weighted by Crippen LogP contribution is 2.29. The molecule has 2 aromatic carbocycles. The van der Waals surface area contributed by atoms with Crippen LogP contribution in [0, 0.1) is 0 Å². The Morgan fingerprint density at radius 1 is 1.19 bits per heavy atom. The zero-order valence-corrected chi connectivity index (χ0v) is 14.8. The number of carbonyl (C=O) groups is 1. The molecule has 27 heavy (non-hydrogen) atoms. The molecule has 0 saturated carbocycles. The van der Waals surface area contributed by atoms with Crippen LogP contribution in [-0.2, 0) is 17.4 Å². The summed E-state index contributed by atoms with van der Waals surface area (Å²) in [6.07, 6.45) is -3.26. The summed E-state index contributed by atoms with van der Waals surface area (Å²) >= 11 is 0. The van der Waals surface area contributed by atoms with E-state index in [4.69, 9.17) is 9.47 Å². The SMILES string of the molecule is CCOc1ccc(/C=N/NC(=O)Cc2cccc(C(F)(F)F)c2)cc1OC. The van der Waals surface area contributed by atoms with Crippen molar-refractivity contribution in [2.75, 3.05) is 13.7 Å². The van der Waals surface area contributed by atoms with E-state index in [0.717, 1.165) is 12.1 Å². The van der Waals surface area contributed by atoms with Crippen LogP contribution in [0.5, 0.6) is 11.5 Å². The van der Waals surface area contributed by atoms with Gasteiger partial charge >= 0.3 is 6.18 Å². The van der Waals surface area contributed by atoms with Gasteiger partial charge in [0.15, 0.2) is 11.5 Å². The molecular weight excluding hydrogens is 361 g/mol. The van der Waals surface area contributed by atoms with Crippen LogP contribution in [0.2, 0.25) is 0 Å². The van der Waals surface area contributed by atoms with Crippen LogP contribution < -0.4 is 14.9 Å². The van der Waals surface area contributed by atoms with Crippen molar-refractivity contribution in [1.29, 1.82) is 0 Å². The smallest absolute Gasteiger partial charge is 0.416 e. The van der Waals surface area contributed by atoms with Crippen molar-refractivity contribution in [3.8, 4) is 11.5 Å². The molecule has 0 saturated heterocycles. The second-order valence-corrected chi connectivity index (χ2v) is 5.51. The van der Waals surface area contributed by atoms with Crippen LogP contribution in [0.4, 0.5) is 13.2 Å². The number of benzene rings is 2. The molecule has 0 unspecified atom stereocenters. The van der Waals surface area contributed by atoms with Gasteiger partial charge in [0, 0.05) is 0 Å². The highest BCUT2D eigenvalue weighted by molar-refractivity contribution is 5.84. The summed E-state index contributed by atoms with van der Waals surface area (Å²) in [5.74, 6) is 0.588. The minimum Gasteiger partial charge on any atom is -0.493 e. The van der Waals surface area contributed by atoms with Crippen LogP contribution >= 0.6 is 0 Å². The first kappa shape index (κ1) is 20.3. The standard InChI is InChI=1S/C19H19F3N2O3/c1-3-27-16-8-7-14(10-17(16)26-2)12-23-24-18(25)11-13-5-4-6-15(9-13)19(20,21)22/h4-10,12H,3,11H2,1-2H3,(H,24,25)/b23-12+. The lowest BCUT2D eigenvalue weighted by atomic mass is 10.1. The minimum atomic E-state index is -4.45. The molecule has 8 heteroatoms. The summed E-state index contributed by atoms with van der Waals surface area (Å²) in [6.45, 7) is 2.35. The van der Waals surface area contributed by atoms with Gasteiger partial charge in [-0.3, -0.25) is 4.79 Å². The van der Waals surface area contributed by atoms with E-state index in [2.05, 4.69) is 10.5 Å². The van der Waals surface area contributed by atoms with E-state index in [1.807, 2.05) is 6.92 Å². The molecule has 0 heterocycles. The maximum Gasteiger partial charge on any atom is 0.416 e. The summed E-state index contributed by atoms with van der Waals surface area (Å²) in [5, 5.41) is 3.82. The van der Waals surface area contributed by atoms with Crippen LogP contribution in [0.25, 0.3) is 0 Å². The number of nitrogens with zero attached hydrogens (tertiary/aromatic N) is 1. The van der Waals surface area contributed by atoms with Gasteiger partial charge in [0.25, 0.3) is 0 Å². The summed E-state index contributed by atoms with van der Waals surface area (Å²) < 4.78 is 48.7. The molecule has 2 aromatic rings. The fourth-order valence-electron chi connectivity index (χ4n) is 2.30. The third kappa shape index (κ3) is 6.02. The summed E-state index contributed by atoms with van der Waals surface area (Å²) in [7, 11) is 1.51. The normalized spacial score (nSPS) is 11.4. The van der Waals surface area contributed by atoms with E-state index in [1.54, 1.807) is 18.2 Å². The number of ether oxygens (including phenoxy) is 2. The molecule has 0 aliphatic carbocycles. The fourth-order valence-corrected chi connectivity index (χ4v) is 2.30. The Hall–Kier alpha value is -3.03. The third-order valence-electron chi connectivity index (χ3n) is 3.51. The largest absolute Gasteiger partial charge is 0.493 e. The Morgan fingerprint density at radius 3 is 2.63 bits per heavy atom. The molecule has 0 fully saturated rings. The molecule has 5 nitrogen and oxygen atoms in total. The van der Waals surface area contributed by atoms with Crippen molar-refractivity contribution in [3.63, 3.8) is 0 Å². The van der Waals surface area contributed by atoms with Gasteiger partial charge in [-0.05, 0) is 42.3 Å². The number of amides is 1. The Labute approximate surface area is 154 Å². The first-order valence-corrected chi connectivity index (χ1v) is 8.12. The zero-order valence-electron chi connectivity index (χ0n) is 14.8. The van der Waals surface area contributed by atoms with Gasteiger partial charge in [0.05, 0.1) is 31.9 Å². The van der Waals surface area contributed by atoms with Crippen molar-refractivity contribution in [2.24, 2.45) is 5.10 Å². The van der Waals surface area contributed by atoms with Crippen LogP contribution in [0.3, 0.4) is 0 Å². The van der Waals surface area contributed by atoms with Gasteiger partial charge in [0.1, 0.15) is 0 Å². The second-order valence-electron chi connectivity index (χ2n) is 5.51. The molecular formula is C19H19F3N2O3. The first-order chi connectivity index (χ1) is 12.8. The van der Waals surface area contributed by atoms with Gasteiger partial charge in [0.2, 0.25) is 5.91 Å². The highest BCUT2D eigenvalue weighted by Gasteiger charge is 2.30. The van der Waals surface area contributed by atoms with Crippen molar-refractivity contribution in [3.05, 3.63) is 59.2 Å². The lowest BCUT2D eigenvalue weighted by Gasteiger charge is -2.09. The number of hydrogen-bond donors (Lipinski definition) is 1. The van der Waals surface area contributed by atoms with E-state index < -0.39 is 17.6 Å². The van der Waals surface area contributed by atoms with E-state index in [-0.39, 0.29) is 12.0 Å². The number of alkyl halides is 3. The second kappa shape index (κ2) is 9.07. The van der Waals surface area contributed by atoms with Crippen molar-refractivity contribution in [1.82, 2.24) is 5.43 Å². The molecule has 0 aromatic heterocycles. The number of hydrazone groups is 1. The number of halogens is 3. The molecule has 1 amide bonds. The van der Waals surface area contributed by atoms with Gasteiger partial charge in [-0.25, -0.2) is 5.43 Å². The Kier molecular flexibility index (Phi) is 6.81. The molecule has 1 N–H and O–H groups in total. The zero-order chi connectivity index (χ0) is 19.9. The summed E-state index contributed by atoms with van der Waals surface area (Å²) in [5.41, 5.74) is 2.41. The topological polar surface area (TPSA) is 59.9 Å². The lowest BCUT2D eigenvalue weighted by Crippen LogP contribution is -2.20. The quantitative estimate of drug-likeness (QED) is 0.587. The fraction of sp³-hybridized carbons (Fsp3) is 0.263. The van der Waals surface area contributed by atoms with E-state index in [9.17, 15) is 18.0 Å². The van der Waals surface area contributed by atoms with E-state index in [1.165, 1.54) is 25.5 Å². The molecule has 0 aliphatic rings. The monoisotopic (exact) mass is 380 g/mol. The van der Waals surface area contributed by atoms with Crippen LogP contribution in [-0.4, -0.2) is 25.8 Å².